The van der Waals surface area contributed by atoms with Gasteiger partial charge in [0.15, 0.2) is 0 Å². The lowest BCUT2D eigenvalue weighted by Crippen LogP contribution is -2.10. The van der Waals surface area contributed by atoms with Gasteiger partial charge < -0.3 is 9.72 Å². The molecule has 100 valence electrons. The van der Waals surface area contributed by atoms with E-state index in [-0.39, 0.29) is 5.41 Å². The molecule has 0 saturated heterocycles. The van der Waals surface area contributed by atoms with Crippen LogP contribution in [0.15, 0.2) is 30.5 Å². The number of carbonyl (C=O) groups excluding carboxylic acids is 1. The van der Waals surface area contributed by atoms with E-state index in [1.807, 2.05) is 12.1 Å². The average molecular weight is 258 g/mol. The van der Waals surface area contributed by atoms with Crippen molar-refractivity contribution in [2.24, 2.45) is 0 Å². The highest BCUT2D eigenvalue weighted by molar-refractivity contribution is 5.87. The first-order valence-electron chi connectivity index (χ1n) is 6.16. The van der Waals surface area contributed by atoms with Crippen LogP contribution in [0.4, 0.5) is 0 Å². The van der Waals surface area contributed by atoms with Crippen molar-refractivity contribution in [3.63, 3.8) is 0 Å². The van der Waals surface area contributed by atoms with Gasteiger partial charge in [0.2, 0.25) is 0 Å². The number of rotatable bonds is 2. The van der Waals surface area contributed by atoms with E-state index >= 15 is 0 Å². The zero-order valence-corrected chi connectivity index (χ0v) is 11.7. The molecule has 1 aromatic heterocycles. The second-order valence-corrected chi connectivity index (χ2v) is 5.46. The number of aromatic nitrogens is 2. The number of nitrogens with one attached hydrogen (secondary N) is 1. The second kappa shape index (κ2) is 4.88. The standard InChI is InChI=1S/C15H18N2O2/c1-15(2,3)11-7-5-10(6-8-11)13-16-9-12(17-13)14(18)19-4/h5-9H,1-4H3,(H,16,17). The fourth-order valence-electron chi connectivity index (χ4n) is 1.81. The molecule has 1 heterocycles. The number of carbonyl (C=O) groups is 1. The van der Waals surface area contributed by atoms with Gasteiger partial charge in [0.25, 0.3) is 0 Å². The molecular formula is C15H18N2O2. The Labute approximate surface area is 112 Å². The van der Waals surface area contributed by atoms with Crippen LogP contribution in [0.3, 0.4) is 0 Å². The fraction of sp³-hybridized carbons (Fsp3) is 0.333. The largest absolute Gasteiger partial charge is 0.464 e. The summed E-state index contributed by atoms with van der Waals surface area (Å²) in [5.74, 6) is 0.255. The minimum atomic E-state index is -0.412. The minimum Gasteiger partial charge on any atom is -0.464 e. The van der Waals surface area contributed by atoms with Crippen molar-refractivity contribution >= 4 is 5.97 Å². The van der Waals surface area contributed by atoms with Crippen LogP contribution in [0.5, 0.6) is 0 Å². The summed E-state index contributed by atoms with van der Waals surface area (Å²) in [6, 6.07) is 8.16. The zero-order chi connectivity index (χ0) is 14.0. The van der Waals surface area contributed by atoms with Gasteiger partial charge in [-0.25, -0.2) is 9.78 Å². The average Bonchev–Trinajstić information content (AvgIpc) is 2.86. The van der Waals surface area contributed by atoms with Gasteiger partial charge in [-0.1, -0.05) is 45.0 Å². The van der Waals surface area contributed by atoms with E-state index in [1.54, 1.807) is 0 Å². The highest BCUT2D eigenvalue weighted by atomic mass is 16.5. The van der Waals surface area contributed by atoms with E-state index in [0.29, 0.717) is 11.5 Å². The molecule has 0 unspecified atom stereocenters. The summed E-state index contributed by atoms with van der Waals surface area (Å²) in [5.41, 5.74) is 2.69. The van der Waals surface area contributed by atoms with Crippen molar-refractivity contribution in [3.05, 3.63) is 41.7 Å². The molecule has 1 aromatic carbocycles. The molecule has 19 heavy (non-hydrogen) atoms. The van der Waals surface area contributed by atoms with E-state index in [4.69, 9.17) is 0 Å². The Bertz CT molecular complexity index is 577. The summed E-state index contributed by atoms with van der Waals surface area (Å²) in [4.78, 5) is 18.5. The van der Waals surface area contributed by atoms with E-state index in [2.05, 4.69) is 47.6 Å². The Morgan fingerprint density at radius 2 is 1.84 bits per heavy atom. The topological polar surface area (TPSA) is 55.0 Å². The molecule has 0 spiro atoms. The monoisotopic (exact) mass is 258 g/mol. The van der Waals surface area contributed by atoms with E-state index in [0.717, 1.165) is 5.56 Å². The number of nitrogens with zero attached hydrogens (tertiary/aromatic N) is 1. The van der Waals surface area contributed by atoms with Crippen molar-refractivity contribution in [2.75, 3.05) is 7.11 Å². The number of methoxy groups -OCH3 is 1. The summed E-state index contributed by atoms with van der Waals surface area (Å²) in [6.45, 7) is 6.51. The molecule has 4 heteroatoms. The minimum absolute atomic E-state index is 0.124. The van der Waals surface area contributed by atoms with Crippen molar-refractivity contribution in [1.82, 2.24) is 9.97 Å². The van der Waals surface area contributed by atoms with Crippen LogP contribution < -0.4 is 0 Å². The van der Waals surface area contributed by atoms with Gasteiger partial charge in [-0.3, -0.25) is 0 Å². The van der Waals surface area contributed by atoms with E-state index in [1.165, 1.54) is 18.9 Å². The molecule has 2 rings (SSSR count). The Hall–Kier alpha value is -2.10. The van der Waals surface area contributed by atoms with Gasteiger partial charge in [-0.05, 0) is 11.0 Å². The first-order valence-corrected chi connectivity index (χ1v) is 6.16. The summed E-state index contributed by atoms with van der Waals surface area (Å²) >= 11 is 0. The van der Waals surface area contributed by atoms with E-state index < -0.39 is 5.97 Å². The quantitative estimate of drug-likeness (QED) is 0.842. The molecule has 0 amide bonds. The maximum atomic E-state index is 11.4. The third-order valence-electron chi connectivity index (χ3n) is 3.01. The van der Waals surface area contributed by atoms with Crippen LogP contribution in [-0.4, -0.2) is 23.0 Å². The normalized spacial score (nSPS) is 11.4. The zero-order valence-electron chi connectivity index (χ0n) is 11.7. The van der Waals surface area contributed by atoms with Crippen molar-refractivity contribution < 1.29 is 9.53 Å². The van der Waals surface area contributed by atoms with Gasteiger partial charge in [0.1, 0.15) is 11.5 Å². The molecule has 0 aliphatic heterocycles. The molecule has 1 N–H and O–H groups in total. The van der Waals surface area contributed by atoms with Gasteiger partial charge in [-0.2, -0.15) is 0 Å². The number of benzene rings is 1. The molecular weight excluding hydrogens is 240 g/mol. The predicted molar refractivity (Wildman–Crippen MR) is 74.1 cm³/mol. The number of hydrogen-bond acceptors (Lipinski definition) is 3. The summed E-state index contributed by atoms with van der Waals surface area (Å²) in [6.07, 6.45) is 1.48. The number of imidazole rings is 1. The Morgan fingerprint density at radius 1 is 1.21 bits per heavy atom. The van der Waals surface area contributed by atoms with Crippen LogP contribution in [0.2, 0.25) is 0 Å². The predicted octanol–water partition coefficient (Wildman–Crippen LogP) is 3.16. The molecule has 0 atom stereocenters. The third kappa shape index (κ3) is 2.84. The van der Waals surface area contributed by atoms with Gasteiger partial charge in [0.05, 0.1) is 13.3 Å². The molecule has 4 nitrogen and oxygen atoms in total. The number of aromatic amines is 1. The number of ether oxygens (including phenoxy) is 1. The van der Waals surface area contributed by atoms with Crippen molar-refractivity contribution in [3.8, 4) is 11.4 Å². The Morgan fingerprint density at radius 3 is 2.37 bits per heavy atom. The molecule has 0 radical (unpaired) electrons. The summed E-state index contributed by atoms with van der Waals surface area (Å²) < 4.78 is 4.64. The molecule has 0 fully saturated rings. The molecule has 0 aliphatic rings. The lowest BCUT2D eigenvalue weighted by molar-refractivity contribution is 0.0595. The second-order valence-electron chi connectivity index (χ2n) is 5.46. The van der Waals surface area contributed by atoms with Crippen molar-refractivity contribution in [2.45, 2.75) is 26.2 Å². The van der Waals surface area contributed by atoms with Crippen LogP contribution >= 0.6 is 0 Å². The SMILES string of the molecule is COC(=O)c1cnc(-c2ccc(C(C)(C)C)cc2)[nH]1. The Kier molecular flexibility index (Phi) is 3.42. The molecule has 0 aliphatic carbocycles. The smallest absolute Gasteiger partial charge is 0.356 e. The van der Waals surface area contributed by atoms with Crippen LogP contribution in [0, 0.1) is 0 Å². The third-order valence-corrected chi connectivity index (χ3v) is 3.01. The first kappa shape index (κ1) is 13.3. The van der Waals surface area contributed by atoms with Crippen LogP contribution in [-0.2, 0) is 10.2 Å². The van der Waals surface area contributed by atoms with E-state index in [9.17, 15) is 4.79 Å². The van der Waals surface area contributed by atoms with Gasteiger partial charge in [0, 0.05) is 5.56 Å². The summed E-state index contributed by atoms with van der Waals surface area (Å²) in [7, 11) is 1.35. The van der Waals surface area contributed by atoms with Gasteiger partial charge >= 0.3 is 5.97 Å². The summed E-state index contributed by atoms with van der Waals surface area (Å²) in [5, 5.41) is 0. The highest BCUT2D eigenvalue weighted by Gasteiger charge is 2.14. The molecule has 0 bridgehead atoms. The number of esters is 1. The van der Waals surface area contributed by atoms with Crippen LogP contribution in [0.1, 0.15) is 36.8 Å². The lowest BCUT2D eigenvalue weighted by atomic mass is 9.87. The molecule has 2 aromatic rings. The number of H-pyrrole nitrogens is 1. The maximum absolute atomic E-state index is 11.4. The maximum Gasteiger partial charge on any atom is 0.356 e. The Balaban J connectivity index is 2.28. The van der Waals surface area contributed by atoms with Crippen LogP contribution in [0.25, 0.3) is 11.4 Å². The highest BCUT2D eigenvalue weighted by Crippen LogP contribution is 2.24. The fourth-order valence-corrected chi connectivity index (χ4v) is 1.81. The van der Waals surface area contributed by atoms with Gasteiger partial charge in [-0.15, -0.1) is 0 Å². The lowest BCUT2D eigenvalue weighted by Gasteiger charge is -2.18. The molecule has 0 saturated carbocycles. The van der Waals surface area contributed by atoms with Crippen molar-refractivity contribution in [1.29, 1.82) is 0 Å². The first-order chi connectivity index (χ1) is 8.91. The number of hydrogen-bond donors (Lipinski definition) is 1.